The van der Waals surface area contributed by atoms with Crippen LogP contribution in [0.5, 0.6) is 0 Å². The second-order valence-corrected chi connectivity index (χ2v) is 11.5. The van der Waals surface area contributed by atoms with Crippen molar-refractivity contribution in [3.8, 4) is 11.3 Å². The highest BCUT2D eigenvalue weighted by atomic mass is 32.2. The molecule has 2 atom stereocenters. The quantitative estimate of drug-likeness (QED) is 0.503. The van der Waals surface area contributed by atoms with E-state index in [4.69, 9.17) is 4.98 Å². The minimum absolute atomic E-state index is 0.237. The van der Waals surface area contributed by atoms with E-state index in [2.05, 4.69) is 79.6 Å². The van der Waals surface area contributed by atoms with Gasteiger partial charge in [0.25, 0.3) is 0 Å². The first-order valence-corrected chi connectivity index (χ1v) is 13.0. The Morgan fingerprint density at radius 2 is 1.94 bits per heavy atom. The van der Waals surface area contributed by atoms with Crippen molar-refractivity contribution in [2.45, 2.75) is 84.7 Å². The van der Waals surface area contributed by atoms with Gasteiger partial charge in [0.05, 0.1) is 11.1 Å². The molecular formula is C27H38N4S. The maximum Gasteiger partial charge on any atom is 0.223 e. The van der Waals surface area contributed by atoms with Gasteiger partial charge in [-0.15, -0.1) is 11.8 Å². The monoisotopic (exact) mass is 450 g/mol. The number of hydrogen-bond donors (Lipinski definition) is 1. The van der Waals surface area contributed by atoms with Gasteiger partial charge in [0.2, 0.25) is 5.95 Å². The standard InChI is InChI=1S/C27H38N4S/c1-19-17-22(11-12-23(19)18-31-15-16-32-25(31)27(3,4)5)24-13-14-28-26(30-24)29-20(2)21-9-7-6-8-10-21/h11-17,20-21,25H,6-10,18H2,1-5H3,(H,28,29,30)/t20?,25-/m1/s1. The van der Waals surface area contributed by atoms with E-state index in [-0.39, 0.29) is 5.41 Å². The Balaban J connectivity index is 1.46. The molecule has 0 spiro atoms. The van der Waals surface area contributed by atoms with Crippen molar-refractivity contribution in [3.63, 3.8) is 0 Å². The summed E-state index contributed by atoms with van der Waals surface area (Å²) in [7, 11) is 0. The number of aromatic nitrogens is 2. The molecule has 0 bridgehead atoms. The van der Waals surface area contributed by atoms with Gasteiger partial charge >= 0.3 is 0 Å². The Bertz CT molecular complexity index is 943. The Morgan fingerprint density at radius 3 is 2.66 bits per heavy atom. The third-order valence-corrected chi connectivity index (χ3v) is 8.38. The van der Waals surface area contributed by atoms with Gasteiger partial charge in [-0.1, -0.05) is 52.2 Å². The Hall–Kier alpha value is -2.01. The first-order valence-electron chi connectivity index (χ1n) is 12.1. The average molecular weight is 451 g/mol. The molecule has 4 nitrogen and oxygen atoms in total. The van der Waals surface area contributed by atoms with Crippen LogP contribution in [0.4, 0.5) is 5.95 Å². The largest absolute Gasteiger partial charge is 0.360 e. The number of hydrogen-bond acceptors (Lipinski definition) is 5. The van der Waals surface area contributed by atoms with Gasteiger partial charge in [0.1, 0.15) is 0 Å². The summed E-state index contributed by atoms with van der Waals surface area (Å²) < 4.78 is 0. The van der Waals surface area contributed by atoms with Gasteiger partial charge in [-0.05, 0) is 66.7 Å². The summed E-state index contributed by atoms with van der Waals surface area (Å²) >= 11 is 1.92. The molecule has 2 heterocycles. The van der Waals surface area contributed by atoms with Crippen LogP contribution in [-0.2, 0) is 6.54 Å². The second-order valence-electron chi connectivity index (χ2n) is 10.5. The maximum absolute atomic E-state index is 4.85. The first kappa shape index (κ1) is 23.2. The number of anilines is 1. The molecule has 2 aromatic rings. The lowest BCUT2D eigenvalue weighted by molar-refractivity contribution is 0.220. The van der Waals surface area contributed by atoms with E-state index in [9.17, 15) is 0 Å². The third kappa shape index (κ3) is 5.48. The highest BCUT2D eigenvalue weighted by Crippen LogP contribution is 2.39. The van der Waals surface area contributed by atoms with Crippen molar-refractivity contribution in [1.82, 2.24) is 14.9 Å². The predicted octanol–water partition coefficient (Wildman–Crippen LogP) is 7.22. The highest BCUT2D eigenvalue weighted by Gasteiger charge is 2.31. The lowest BCUT2D eigenvalue weighted by Crippen LogP contribution is -2.35. The lowest BCUT2D eigenvalue weighted by Gasteiger charge is -2.35. The topological polar surface area (TPSA) is 41.1 Å². The minimum Gasteiger partial charge on any atom is -0.360 e. The Labute approximate surface area is 198 Å². The van der Waals surface area contributed by atoms with Crippen LogP contribution in [-0.4, -0.2) is 26.3 Å². The van der Waals surface area contributed by atoms with Gasteiger partial charge in [-0.25, -0.2) is 9.97 Å². The molecule has 32 heavy (non-hydrogen) atoms. The van der Waals surface area contributed by atoms with Crippen LogP contribution in [0.15, 0.2) is 42.1 Å². The van der Waals surface area contributed by atoms with Crippen molar-refractivity contribution < 1.29 is 0 Å². The fourth-order valence-electron chi connectivity index (χ4n) is 4.96. The molecule has 1 aliphatic heterocycles. The van der Waals surface area contributed by atoms with Crippen LogP contribution in [0.3, 0.4) is 0 Å². The first-order chi connectivity index (χ1) is 15.3. The van der Waals surface area contributed by atoms with Crippen LogP contribution in [0.25, 0.3) is 11.3 Å². The number of aryl methyl sites for hydroxylation is 1. The molecule has 5 heteroatoms. The molecule has 1 aromatic heterocycles. The van der Waals surface area contributed by atoms with Gasteiger partial charge < -0.3 is 10.2 Å². The lowest BCUT2D eigenvalue weighted by atomic mass is 9.85. The summed E-state index contributed by atoms with van der Waals surface area (Å²) in [5.41, 5.74) is 5.05. The number of thioether (sulfide) groups is 1. The van der Waals surface area contributed by atoms with Gasteiger partial charge in [0.15, 0.2) is 0 Å². The molecule has 0 amide bonds. The summed E-state index contributed by atoms with van der Waals surface area (Å²) in [6.45, 7) is 12.4. The van der Waals surface area contributed by atoms with E-state index in [1.165, 1.54) is 43.2 Å². The van der Waals surface area contributed by atoms with E-state index >= 15 is 0 Å². The summed E-state index contributed by atoms with van der Waals surface area (Å²) in [4.78, 5) is 11.8. The van der Waals surface area contributed by atoms with Crippen molar-refractivity contribution in [3.05, 3.63) is 53.2 Å². The van der Waals surface area contributed by atoms with Gasteiger partial charge in [0, 0.05) is 30.5 Å². The van der Waals surface area contributed by atoms with Crippen molar-refractivity contribution >= 4 is 17.7 Å². The van der Waals surface area contributed by atoms with Crippen molar-refractivity contribution in [2.24, 2.45) is 11.3 Å². The normalized spacial score (nSPS) is 20.5. The average Bonchev–Trinajstić information content (AvgIpc) is 3.25. The number of benzene rings is 1. The molecule has 1 N–H and O–H groups in total. The molecule has 0 saturated heterocycles. The zero-order valence-corrected chi connectivity index (χ0v) is 21.1. The minimum atomic E-state index is 0.237. The molecule has 1 unspecified atom stereocenters. The number of rotatable bonds is 6. The molecule has 4 rings (SSSR count). The van der Waals surface area contributed by atoms with E-state index < -0.39 is 0 Å². The molecule has 1 fully saturated rings. The zero-order chi connectivity index (χ0) is 22.7. The maximum atomic E-state index is 4.85. The van der Waals surface area contributed by atoms with Crippen LogP contribution in [0, 0.1) is 18.3 Å². The molecule has 1 saturated carbocycles. The third-order valence-electron chi connectivity index (χ3n) is 6.86. The summed E-state index contributed by atoms with van der Waals surface area (Å²) in [6.07, 6.45) is 10.8. The van der Waals surface area contributed by atoms with Gasteiger partial charge in [-0.3, -0.25) is 0 Å². The fraction of sp³-hybridized carbons (Fsp3) is 0.556. The van der Waals surface area contributed by atoms with Crippen LogP contribution in [0.2, 0.25) is 0 Å². The van der Waals surface area contributed by atoms with E-state index in [1.54, 1.807) is 0 Å². The summed E-state index contributed by atoms with van der Waals surface area (Å²) in [5.74, 6) is 1.47. The van der Waals surface area contributed by atoms with Crippen LogP contribution >= 0.6 is 11.8 Å². The molecule has 2 aliphatic rings. The summed E-state index contributed by atoms with van der Waals surface area (Å²) in [5, 5.41) is 6.28. The van der Waals surface area contributed by atoms with E-state index in [0.29, 0.717) is 11.4 Å². The number of nitrogens with one attached hydrogen (secondary N) is 1. The van der Waals surface area contributed by atoms with Crippen molar-refractivity contribution in [1.29, 1.82) is 0 Å². The fourth-order valence-corrected chi connectivity index (χ4v) is 6.04. The summed E-state index contributed by atoms with van der Waals surface area (Å²) in [6, 6.07) is 9.17. The molecular weight excluding hydrogens is 412 g/mol. The smallest absolute Gasteiger partial charge is 0.223 e. The predicted molar refractivity (Wildman–Crippen MR) is 137 cm³/mol. The van der Waals surface area contributed by atoms with E-state index in [0.717, 1.165) is 29.7 Å². The molecule has 1 aromatic carbocycles. The van der Waals surface area contributed by atoms with Gasteiger partial charge in [-0.2, -0.15) is 0 Å². The second kappa shape index (κ2) is 9.86. The molecule has 172 valence electrons. The Morgan fingerprint density at radius 1 is 1.16 bits per heavy atom. The SMILES string of the molecule is Cc1cc(-c2ccnc(NC(C)C3CCCCC3)n2)ccc1CN1C=CS[C@@H]1C(C)(C)C. The molecule has 1 aliphatic carbocycles. The number of nitrogens with zero attached hydrogens (tertiary/aromatic N) is 3. The zero-order valence-electron chi connectivity index (χ0n) is 20.3. The van der Waals surface area contributed by atoms with E-state index in [1.807, 2.05) is 24.0 Å². The highest BCUT2D eigenvalue weighted by molar-refractivity contribution is 8.02. The van der Waals surface area contributed by atoms with Crippen molar-refractivity contribution in [2.75, 3.05) is 5.32 Å². The van der Waals surface area contributed by atoms with Crippen LogP contribution < -0.4 is 5.32 Å². The van der Waals surface area contributed by atoms with Crippen LogP contribution in [0.1, 0.15) is 70.9 Å². The Kier molecular flexibility index (Phi) is 7.14. The molecule has 0 radical (unpaired) electrons.